The maximum Gasteiger partial charge on any atom is 0.288 e. The number of amides is 2. The van der Waals surface area contributed by atoms with Gasteiger partial charge in [0.2, 0.25) is 5.91 Å². The second kappa shape index (κ2) is 13.4. The summed E-state index contributed by atoms with van der Waals surface area (Å²) in [5, 5.41) is 14.1. The van der Waals surface area contributed by atoms with E-state index in [-0.39, 0.29) is 30.6 Å². The lowest BCUT2D eigenvalue weighted by molar-refractivity contribution is -0.125. The molecule has 0 aliphatic carbocycles. The second-order valence-electron chi connectivity index (χ2n) is 7.17. The zero-order valence-corrected chi connectivity index (χ0v) is 17.9. The number of hydrogen-bond acceptors (Lipinski definition) is 6. The van der Waals surface area contributed by atoms with Crippen LogP contribution >= 0.6 is 0 Å². The normalized spacial score (nSPS) is 11.9. The summed E-state index contributed by atoms with van der Waals surface area (Å²) < 4.78 is 35.2. The zero-order valence-electron chi connectivity index (χ0n) is 17.9. The first-order valence-corrected chi connectivity index (χ1v) is 10.5. The van der Waals surface area contributed by atoms with Gasteiger partial charge in [-0.3, -0.25) is 9.59 Å². The van der Waals surface area contributed by atoms with Gasteiger partial charge in [0.05, 0.1) is 12.6 Å². The molecule has 2 rings (SSSR count). The second-order valence-corrected chi connectivity index (χ2v) is 7.17. The largest absolute Gasteiger partial charge is 0.488 e. The van der Waals surface area contributed by atoms with E-state index in [1.54, 1.807) is 24.3 Å². The fraction of sp³-hybridized carbons (Fsp3) is 0.455. The van der Waals surface area contributed by atoms with Crippen LogP contribution in [0.25, 0.3) is 11.3 Å². The van der Waals surface area contributed by atoms with E-state index >= 15 is 0 Å². The molecular weight excluding hydrogens is 424 g/mol. The van der Waals surface area contributed by atoms with E-state index in [1.807, 2.05) is 5.48 Å². The van der Waals surface area contributed by atoms with Crippen molar-refractivity contribution in [2.24, 2.45) is 5.92 Å². The number of hydroxylamine groups is 1. The highest BCUT2D eigenvalue weighted by atomic mass is 19.3. The van der Waals surface area contributed by atoms with Crippen LogP contribution in [0.3, 0.4) is 0 Å². The van der Waals surface area contributed by atoms with E-state index in [2.05, 4.69) is 17.6 Å². The first-order valence-electron chi connectivity index (χ1n) is 10.5. The number of unbranched alkanes of at least 4 members (excludes halogenated alkanes) is 2. The average Bonchev–Trinajstić information content (AvgIpc) is 3.28. The van der Waals surface area contributed by atoms with E-state index < -0.39 is 24.9 Å². The van der Waals surface area contributed by atoms with Crippen LogP contribution in [0.4, 0.5) is 8.78 Å². The maximum absolute atomic E-state index is 12.3. The van der Waals surface area contributed by atoms with Crippen LogP contribution < -0.4 is 20.9 Å². The Balaban J connectivity index is 1.87. The highest BCUT2D eigenvalue weighted by Gasteiger charge is 2.18. The van der Waals surface area contributed by atoms with Gasteiger partial charge in [0, 0.05) is 12.1 Å². The van der Waals surface area contributed by atoms with E-state index in [0.717, 1.165) is 19.3 Å². The summed E-state index contributed by atoms with van der Waals surface area (Å²) in [6.45, 7) is 1.38. The third kappa shape index (κ3) is 8.27. The molecule has 32 heavy (non-hydrogen) atoms. The van der Waals surface area contributed by atoms with Gasteiger partial charge in [0.15, 0.2) is 5.76 Å². The Hall–Kier alpha value is -2.98. The molecule has 2 aromatic rings. The quantitative estimate of drug-likeness (QED) is 0.198. The number of ether oxygens (including phenoxy) is 1. The zero-order chi connectivity index (χ0) is 23.3. The van der Waals surface area contributed by atoms with Crippen molar-refractivity contribution in [3.05, 3.63) is 42.2 Å². The fourth-order valence-corrected chi connectivity index (χ4v) is 3.03. The summed E-state index contributed by atoms with van der Waals surface area (Å²) in [5.41, 5.74) is 2.59. The SMILES string of the molecule is CCCCC[C@H](CNO)C(=O)NCNC(=O)c1ccc(-c2cccc(OCC(F)F)c2)o1. The first-order chi connectivity index (χ1) is 15.4. The Bertz CT molecular complexity index is 860. The van der Waals surface area contributed by atoms with Crippen molar-refractivity contribution in [2.45, 2.75) is 39.0 Å². The van der Waals surface area contributed by atoms with Crippen molar-refractivity contribution < 1.29 is 32.7 Å². The van der Waals surface area contributed by atoms with Crippen LogP contribution in [-0.2, 0) is 4.79 Å². The van der Waals surface area contributed by atoms with Gasteiger partial charge in [-0.25, -0.2) is 14.3 Å². The molecule has 0 aliphatic heterocycles. The summed E-state index contributed by atoms with van der Waals surface area (Å²) in [6.07, 6.45) is 0.933. The number of furan rings is 1. The van der Waals surface area contributed by atoms with Crippen LogP contribution in [0.5, 0.6) is 5.75 Å². The van der Waals surface area contributed by atoms with Gasteiger partial charge in [-0.2, -0.15) is 0 Å². The molecule has 8 nitrogen and oxygen atoms in total. The number of halogens is 2. The Labute approximate surface area is 185 Å². The first kappa shape index (κ1) is 25.3. The van der Waals surface area contributed by atoms with Crippen LogP contribution in [-0.4, -0.2) is 43.3 Å². The van der Waals surface area contributed by atoms with Crippen molar-refractivity contribution in [1.29, 1.82) is 0 Å². The number of benzene rings is 1. The molecule has 0 saturated heterocycles. The van der Waals surface area contributed by atoms with Crippen molar-refractivity contribution in [2.75, 3.05) is 19.8 Å². The minimum Gasteiger partial charge on any atom is -0.488 e. The van der Waals surface area contributed by atoms with Crippen molar-refractivity contribution in [3.8, 4) is 17.1 Å². The molecule has 1 heterocycles. The molecule has 0 bridgehead atoms. The highest BCUT2D eigenvalue weighted by Crippen LogP contribution is 2.26. The molecule has 0 saturated carbocycles. The third-order valence-corrected chi connectivity index (χ3v) is 4.70. The summed E-state index contributed by atoms with van der Waals surface area (Å²) >= 11 is 0. The van der Waals surface area contributed by atoms with E-state index in [0.29, 0.717) is 17.7 Å². The molecule has 0 fully saturated rings. The molecule has 176 valence electrons. The minimum absolute atomic E-state index is 0.0321. The standard InChI is InChI=1S/C22H29F2N3O5/c1-2-3-4-6-16(12-27-30)21(28)25-14-26-22(29)19-10-9-18(32-19)15-7-5-8-17(11-15)31-13-20(23)24/h5,7-11,16,20,27,30H,2-4,6,12-14H2,1H3,(H,25,28)(H,26,29)/t16-/m1/s1. The van der Waals surface area contributed by atoms with Crippen molar-refractivity contribution in [3.63, 3.8) is 0 Å². The van der Waals surface area contributed by atoms with Gasteiger partial charge in [0.25, 0.3) is 12.3 Å². The van der Waals surface area contributed by atoms with Crippen LogP contribution in [0.1, 0.15) is 43.2 Å². The number of carbonyl (C=O) groups excluding carboxylic acids is 2. The summed E-state index contributed by atoms with van der Waals surface area (Å²) in [6, 6.07) is 9.47. The van der Waals surface area contributed by atoms with Gasteiger partial charge in [-0.15, -0.1) is 0 Å². The number of nitrogens with one attached hydrogen (secondary N) is 3. The topological polar surface area (TPSA) is 113 Å². The number of rotatable bonds is 14. The summed E-state index contributed by atoms with van der Waals surface area (Å²) in [7, 11) is 0. The molecule has 1 aromatic carbocycles. The van der Waals surface area contributed by atoms with Crippen LogP contribution in [0, 0.1) is 5.92 Å². The van der Waals surface area contributed by atoms with Crippen LogP contribution in [0.2, 0.25) is 0 Å². The van der Waals surface area contributed by atoms with E-state index in [1.165, 1.54) is 12.1 Å². The van der Waals surface area contributed by atoms with Gasteiger partial charge >= 0.3 is 0 Å². The van der Waals surface area contributed by atoms with Gasteiger partial charge < -0.3 is 25.0 Å². The fourth-order valence-electron chi connectivity index (χ4n) is 3.03. The molecule has 0 unspecified atom stereocenters. The minimum atomic E-state index is -2.58. The van der Waals surface area contributed by atoms with Gasteiger partial charge in [-0.05, 0) is 30.7 Å². The smallest absolute Gasteiger partial charge is 0.288 e. The van der Waals surface area contributed by atoms with E-state index in [4.69, 9.17) is 14.4 Å². The Kier molecular flexibility index (Phi) is 10.6. The molecule has 0 aliphatic rings. The maximum atomic E-state index is 12.3. The number of hydrogen-bond donors (Lipinski definition) is 4. The molecule has 1 atom stereocenters. The predicted octanol–water partition coefficient (Wildman–Crippen LogP) is 3.57. The van der Waals surface area contributed by atoms with Crippen LogP contribution in [0.15, 0.2) is 40.8 Å². The number of carbonyl (C=O) groups is 2. The van der Waals surface area contributed by atoms with Gasteiger partial charge in [-0.1, -0.05) is 38.3 Å². The predicted molar refractivity (Wildman–Crippen MR) is 114 cm³/mol. The summed E-state index contributed by atoms with van der Waals surface area (Å²) in [5.74, 6) is -0.540. The van der Waals surface area contributed by atoms with E-state index in [9.17, 15) is 18.4 Å². The molecule has 0 spiro atoms. The molecular formula is C22H29F2N3O5. The Morgan fingerprint density at radius 1 is 1.16 bits per heavy atom. The number of alkyl halides is 2. The lowest BCUT2D eigenvalue weighted by atomic mass is 10.0. The summed E-state index contributed by atoms with van der Waals surface area (Å²) in [4.78, 5) is 24.6. The van der Waals surface area contributed by atoms with Gasteiger partial charge in [0.1, 0.15) is 18.1 Å². The monoisotopic (exact) mass is 453 g/mol. The lowest BCUT2D eigenvalue weighted by Gasteiger charge is -2.16. The van der Waals surface area contributed by atoms with Crippen molar-refractivity contribution >= 4 is 11.8 Å². The Morgan fingerprint density at radius 3 is 2.69 bits per heavy atom. The molecule has 4 N–H and O–H groups in total. The van der Waals surface area contributed by atoms with Crippen molar-refractivity contribution in [1.82, 2.24) is 16.1 Å². The third-order valence-electron chi connectivity index (χ3n) is 4.70. The Morgan fingerprint density at radius 2 is 1.97 bits per heavy atom. The molecule has 1 aromatic heterocycles. The highest BCUT2D eigenvalue weighted by molar-refractivity contribution is 5.92. The lowest BCUT2D eigenvalue weighted by Crippen LogP contribution is -2.42. The molecule has 0 radical (unpaired) electrons. The average molecular weight is 453 g/mol. The molecule has 2 amide bonds. The molecule has 10 heteroatoms.